The number of nitrogens with one attached hydrogen (secondary N) is 1. The van der Waals surface area contributed by atoms with Gasteiger partial charge in [-0.05, 0) is 37.3 Å². The van der Waals surface area contributed by atoms with Crippen molar-refractivity contribution in [1.29, 1.82) is 0 Å². The van der Waals surface area contributed by atoms with Crippen LogP contribution in [0, 0.1) is 12.7 Å². The molecule has 0 amide bonds. The van der Waals surface area contributed by atoms with Crippen LogP contribution in [0.2, 0.25) is 5.02 Å². The smallest absolute Gasteiger partial charge is 0.137 e. The number of anilines is 1. The highest BCUT2D eigenvalue weighted by atomic mass is 35.5. The quantitative estimate of drug-likeness (QED) is 0.788. The number of aromatic nitrogens is 2. The molecule has 0 bridgehead atoms. The van der Waals surface area contributed by atoms with E-state index in [1.165, 1.54) is 12.1 Å². The van der Waals surface area contributed by atoms with E-state index in [4.69, 9.17) is 11.6 Å². The van der Waals surface area contributed by atoms with Crippen molar-refractivity contribution >= 4 is 22.9 Å². The second-order valence-electron chi connectivity index (χ2n) is 4.58. The molecular weight excluding hydrogens is 277 g/mol. The first kappa shape index (κ1) is 12.9. The van der Waals surface area contributed by atoms with Crippen molar-refractivity contribution in [2.24, 2.45) is 0 Å². The van der Waals surface area contributed by atoms with Crippen LogP contribution in [0.25, 0.3) is 5.65 Å². The first-order valence-corrected chi connectivity index (χ1v) is 6.64. The molecule has 20 heavy (non-hydrogen) atoms. The fraction of sp³-hybridized carbons (Fsp3) is 0.133. The number of imidazole rings is 1. The Morgan fingerprint density at radius 1 is 1.30 bits per heavy atom. The summed E-state index contributed by atoms with van der Waals surface area (Å²) in [6, 6.07) is 10.3. The van der Waals surface area contributed by atoms with Crippen molar-refractivity contribution in [3.05, 3.63) is 64.8 Å². The summed E-state index contributed by atoms with van der Waals surface area (Å²) >= 11 is 5.84. The van der Waals surface area contributed by atoms with Crippen molar-refractivity contribution in [3.8, 4) is 0 Å². The normalized spacial score (nSPS) is 10.9. The zero-order valence-corrected chi connectivity index (χ0v) is 11.7. The zero-order valence-electron chi connectivity index (χ0n) is 10.9. The fourth-order valence-corrected chi connectivity index (χ4v) is 2.44. The maximum absolute atomic E-state index is 13.3. The molecule has 1 N–H and O–H groups in total. The Morgan fingerprint density at radius 3 is 2.95 bits per heavy atom. The second-order valence-corrected chi connectivity index (χ2v) is 5.02. The Morgan fingerprint density at radius 2 is 2.15 bits per heavy atom. The summed E-state index contributed by atoms with van der Waals surface area (Å²) in [5, 5.41) is 3.55. The van der Waals surface area contributed by atoms with Crippen LogP contribution in [-0.2, 0) is 6.54 Å². The Kier molecular flexibility index (Phi) is 3.32. The van der Waals surface area contributed by atoms with Gasteiger partial charge in [0.05, 0.1) is 17.9 Å². The topological polar surface area (TPSA) is 29.3 Å². The second kappa shape index (κ2) is 5.13. The van der Waals surface area contributed by atoms with Crippen LogP contribution in [-0.4, -0.2) is 9.38 Å². The number of benzene rings is 1. The molecule has 5 heteroatoms. The molecule has 0 fully saturated rings. The van der Waals surface area contributed by atoms with Gasteiger partial charge in [-0.3, -0.25) is 0 Å². The first-order chi connectivity index (χ1) is 9.63. The summed E-state index contributed by atoms with van der Waals surface area (Å²) in [5.41, 5.74) is 3.55. The van der Waals surface area contributed by atoms with Gasteiger partial charge in [0.1, 0.15) is 11.5 Å². The Labute approximate surface area is 121 Å². The Hall–Kier alpha value is -2.07. The number of aryl methyl sites for hydroxylation is 1. The Bertz CT molecular complexity index is 747. The third-order valence-corrected chi connectivity index (χ3v) is 3.37. The van der Waals surface area contributed by atoms with E-state index in [1.54, 1.807) is 6.07 Å². The molecule has 3 aromatic rings. The van der Waals surface area contributed by atoms with Crippen LogP contribution in [0.15, 0.2) is 42.6 Å². The summed E-state index contributed by atoms with van der Waals surface area (Å²) in [7, 11) is 0. The van der Waals surface area contributed by atoms with Gasteiger partial charge < -0.3 is 9.72 Å². The molecule has 3 rings (SSSR count). The Balaban J connectivity index is 1.88. The SMILES string of the molecule is Cc1nc2ccccn2c1CNc1cc(F)cc(Cl)c1. The maximum Gasteiger partial charge on any atom is 0.137 e. The van der Waals surface area contributed by atoms with E-state index in [9.17, 15) is 4.39 Å². The maximum atomic E-state index is 13.3. The molecule has 0 aliphatic rings. The number of fused-ring (bicyclic) bond motifs is 1. The minimum atomic E-state index is -0.352. The lowest BCUT2D eigenvalue weighted by atomic mass is 10.3. The van der Waals surface area contributed by atoms with E-state index in [2.05, 4.69) is 10.3 Å². The lowest BCUT2D eigenvalue weighted by molar-refractivity contribution is 0.628. The van der Waals surface area contributed by atoms with E-state index in [0.29, 0.717) is 17.3 Å². The summed E-state index contributed by atoms with van der Waals surface area (Å²) in [4.78, 5) is 4.48. The predicted molar refractivity (Wildman–Crippen MR) is 78.7 cm³/mol. The van der Waals surface area contributed by atoms with E-state index >= 15 is 0 Å². The average Bonchev–Trinajstić information content (AvgIpc) is 2.71. The van der Waals surface area contributed by atoms with Gasteiger partial charge in [-0.25, -0.2) is 9.37 Å². The number of nitrogens with zero attached hydrogens (tertiary/aromatic N) is 2. The monoisotopic (exact) mass is 289 g/mol. The van der Waals surface area contributed by atoms with Crippen molar-refractivity contribution in [2.75, 3.05) is 5.32 Å². The van der Waals surface area contributed by atoms with E-state index < -0.39 is 0 Å². The number of hydrogen-bond acceptors (Lipinski definition) is 2. The number of rotatable bonds is 3. The fourth-order valence-electron chi connectivity index (χ4n) is 2.22. The predicted octanol–water partition coefficient (Wildman–Crippen LogP) is 4.05. The molecule has 0 saturated heterocycles. The van der Waals surface area contributed by atoms with E-state index in [1.807, 2.05) is 35.7 Å². The average molecular weight is 290 g/mol. The molecular formula is C15H13ClFN3. The highest BCUT2D eigenvalue weighted by Crippen LogP contribution is 2.19. The van der Waals surface area contributed by atoms with Gasteiger partial charge >= 0.3 is 0 Å². The van der Waals surface area contributed by atoms with Crippen molar-refractivity contribution in [3.63, 3.8) is 0 Å². The first-order valence-electron chi connectivity index (χ1n) is 6.26. The molecule has 0 radical (unpaired) electrons. The molecule has 2 aromatic heterocycles. The third-order valence-electron chi connectivity index (χ3n) is 3.15. The zero-order chi connectivity index (χ0) is 14.1. The van der Waals surface area contributed by atoms with Crippen molar-refractivity contribution in [1.82, 2.24) is 9.38 Å². The largest absolute Gasteiger partial charge is 0.379 e. The summed E-state index contributed by atoms with van der Waals surface area (Å²) in [6.45, 7) is 2.51. The van der Waals surface area contributed by atoms with Gasteiger partial charge in [-0.1, -0.05) is 17.7 Å². The molecule has 0 saturated carbocycles. The van der Waals surface area contributed by atoms with Gasteiger partial charge in [-0.2, -0.15) is 0 Å². The van der Waals surface area contributed by atoms with Crippen LogP contribution in [0.1, 0.15) is 11.4 Å². The van der Waals surface area contributed by atoms with Gasteiger partial charge in [0.2, 0.25) is 0 Å². The summed E-state index contributed by atoms with van der Waals surface area (Å²) in [6.07, 6.45) is 1.96. The number of hydrogen-bond donors (Lipinski definition) is 1. The molecule has 0 spiro atoms. The van der Waals surface area contributed by atoms with Gasteiger partial charge in [-0.15, -0.1) is 0 Å². The van der Waals surface area contributed by atoms with Gasteiger partial charge in [0, 0.05) is 16.9 Å². The molecule has 0 atom stereocenters. The van der Waals surface area contributed by atoms with Gasteiger partial charge in [0.15, 0.2) is 0 Å². The number of halogens is 2. The molecule has 2 heterocycles. The lowest BCUT2D eigenvalue weighted by Gasteiger charge is -2.08. The van der Waals surface area contributed by atoms with Crippen molar-refractivity contribution in [2.45, 2.75) is 13.5 Å². The van der Waals surface area contributed by atoms with Crippen LogP contribution < -0.4 is 5.32 Å². The molecule has 0 aliphatic carbocycles. The molecule has 102 valence electrons. The molecule has 0 aliphatic heterocycles. The van der Waals surface area contributed by atoms with Crippen LogP contribution in [0.4, 0.5) is 10.1 Å². The highest BCUT2D eigenvalue weighted by Gasteiger charge is 2.08. The molecule has 1 aromatic carbocycles. The standard InChI is InChI=1S/C15H13ClFN3/c1-10-14(20-5-3-2-4-15(20)19-10)9-18-13-7-11(16)6-12(17)8-13/h2-8,18H,9H2,1H3. The van der Waals surface area contributed by atoms with E-state index in [0.717, 1.165) is 17.0 Å². The third kappa shape index (κ3) is 2.47. The minimum Gasteiger partial charge on any atom is -0.379 e. The van der Waals surface area contributed by atoms with E-state index in [-0.39, 0.29) is 5.82 Å². The molecule has 3 nitrogen and oxygen atoms in total. The minimum absolute atomic E-state index is 0.352. The van der Waals surface area contributed by atoms with Gasteiger partial charge in [0.25, 0.3) is 0 Å². The van der Waals surface area contributed by atoms with Crippen molar-refractivity contribution < 1.29 is 4.39 Å². The highest BCUT2D eigenvalue weighted by molar-refractivity contribution is 6.30. The number of pyridine rings is 1. The van der Waals surface area contributed by atoms with Crippen LogP contribution in [0.3, 0.4) is 0 Å². The lowest BCUT2D eigenvalue weighted by Crippen LogP contribution is -2.04. The summed E-state index contributed by atoms with van der Waals surface area (Å²) in [5.74, 6) is -0.352. The molecule has 0 unspecified atom stereocenters. The summed E-state index contributed by atoms with van der Waals surface area (Å²) < 4.78 is 15.3. The van der Waals surface area contributed by atoms with Crippen LogP contribution in [0.5, 0.6) is 0 Å². The van der Waals surface area contributed by atoms with Crippen LogP contribution >= 0.6 is 11.6 Å².